The van der Waals surface area contributed by atoms with Crippen molar-refractivity contribution in [3.63, 3.8) is 0 Å². The van der Waals surface area contributed by atoms with E-state index in [0.717, 1.165) is 50.9 Å². The van der Waals surface area contributed by atoms with Crippen LogP contribution in [0, 0.1) is 0 Å². The van der Waals surface area contributed by atoms with E-state index in [4.69, 9.17) is 9.47 Å². The molecule has 0 aromatic heterocycles. The number of nitrogens with one attached hydrogen (secondary N) is 1. The van der Waals surface area contributed by atoms with Gasteiger partial charge in [0.05, 0.1) is 25.9 Å². The van der Waals surface area contributed by atoms with Crippen LogP contribution in [-0.4, -0.2) is 36.8 Å². The van der Waals surface area contributed by atoms with Gasteiger partial charge in [-0.05, 0) is 30.4 Å². The first-order valence-corrected chi connectivity index (χ1v) is 8.48. The van der Waals surface area contributed by atoms with Crippen LogP contribution < -0.4 is 5.32 Å². The van der Waals surface area contributed by atoms with Gasteiger partial charge in [-0.25, -0.2) is 0 Å². The van der Waals surface area contributed by atoms with E-state index in [0.29, 0.717) is 6.04 Å². The van der Waals surface area contributed by atoms with Crippen LogP contribution in [0.3, 0.4) is 0 Å². The molecule has 1 heterocycles. The molecule has 0 unspecified atom stereocenters. The maximum atomic E-state index is 9.73. The minimum absolute atomic E-state index is 0.00960. The second kappa shape index (κ2) is 7.09. The van der Waals surface area contributed by atoms with Crippen LogP contribution in [0.5, 0.6) is 0 Å². The summed E-state index contributed by atoms with van der Waals surface area (Å²) in [5.41, 5.74) is 2.49. The molecule has 2 N–H and O–H groups in total. The van der Waals surface area contributed by atoms with Crippen molar-refractivity contribution in [1.82, 2.24) is 5.32 Å². The zero-order valence-electron chi connectivity index (χ0n) is 13.4. The lowest BCUT2D eigenvalue weighted by Crippen LogP contribution is -2.43. The van der Waals surface area contributed by atoms with Crippen molar-refractivity contribution in [2.45, 2.75) is 56.9 Å². The summed E-state index contributed by atoms with van der Waals surface area (Å²) in [6.45, 7) is 3.73. The molecule has 3 rings (SSSR count). The van der Waals surface area contributed by atoms with Crippen LogP contribution in [0.25, 0.3) is 0 Å². The van der Waals surface area contributed by atoms with E-state index < -0.39 is 0 Å². The van der Waals surface area contributed by atoms with E-state index in [2.05, 4.69) is 36.5 Å². The lowest BCUT2D eigenvalue weighted by molar-refractivity contribution is -0.179. The molecule has 1 spiro atoms. The van der Waals surface area contributed by atoms with Crippen LogP contribution in [-0.2, 0) is 15.9 Å². The fourth-order valence-corrected chi connectivity index (χ4v) is 3.53. The Hall–Kier alpha value is -0.940. The first-order valence-electron chi connectivity index (χ1n) is 8.48. The van der Waals surface area contributed by atoms with Gasteiger partial charge >= 0.3 is 0 Å². The Morgan fingerprint density at radius 3 is 2.36 bits per heavy atom. The number of hydrogen-bond acceptors (Lipinski definition) is 4. The largest absolute Gasteiger partial charge is 0.394 e. The maximum absolute atomic E-state index is 9.73. The number of aliphatic hydroxyl groups is 1. The second-order valence-electron chi connectivity index (χ2n) is 6.38. The maximum Gasteiger partial charge on any atom is 0.168 e. The molecule has 1 aromatic carbocycles. The summed E-state index contributed by atoms with van der Waals surface area (Å²) in [5.74, 6) is -0.310. The predicted molar refractivity (Wildman–Crippen MR) is 85.7 cm³/mol. The van der Waals surface area contributed by atoms with Crippen molar-refractivity contribution in [1.29, 1.82) is 0 Å². The van der Waals surface area contributed by atoms with Crippen molar-refractivity contribution < 1.29 is 14.6 Å². The van der Waals surface area contributed by atoms with Gasteiger partial charge in [-0.3, -0.25) is 0 Å². The molecule has 122 valence electrons. The van der Waals surface area contributed by atoms with Crippen molar-refractivity contribution in [2.24, 2.45) is 0 Å². The minimum atomic E-state index is -0.310. The lowest BCUT2D eigenvalue weighted by Gasteiger charge is -2.37. The Kier molecular flexibility index (Phi) is 5.14. The average molecular weight is 305 g/mol. The highest BCUT2D eigenvalue weighted by Crippen LogP contribution is 2.36. The minimum Gasteiger partial charge on any atom is -0.394 e. The summed E-state index contributed by atoms with van der Waals surface area (Å²) in [6.07, 6.45) is 4.99. The first-order chi connectivity index (χ1) is 10.7. The fourth-order valence-electron chi connectivity index (χ4n) is 3.53. The van der Waals surface area contributed by atoms with E-state index in [-0.39, 0.29) is 18.4 Å². The summed E-state index contributed by atoms with van der Waals surface area (Å²) in [6, 6.07) is 8.98. The molecule has 4 heteroatoms. The molecule has 4 nitrogen and oxygen atoms in total. The quantitative estimate of drug-likeness (QED) is 0.878. The van der Waals surface area contributed by atoms with E-state index in [1.54, 1.807) is 0 Å². The van der Waals surface area contributed by atoms with Gasteiger partial charge in [0.25, 0.3) is 0 Å². The molecule has 22 heavy (non-hydrogen) atoms. The molecule has 0 bridgehead atoms. The standard InChI is InChI=1S/C18H27NO3/c1-2-14-3-5-15(6-4-14)17(13-20)19-16-7-9-18(10-8-16)21-11-12-22-18/h3-6,16-17,19-20H,2,7-13H2,1H3/t17-/m1/s1. The van der Waals surface area contributed by atoms with Gasteiger partial charge in [-0.15, -0.1) is 0 Å². The number of ether oxygens (including phenoxy) is 2. The average Bonchev–Trinajstić information content (AvgIpc) is 3.03. The van der Waals surface area contributed by atoms with Gasteiger partial charge in [0.15, 0.2) is 5.79 Å². The summed E-state index contributed by atoms with van der Waals surface area (Å²) < 4.78 is 11.5. The number of aryl methyl sites for hydroxylation is 1. The van der Waals surface area contributed by atoms with Gasteiger partial charge < -0.3 is 19.9 Å². The Bertz CT molecular complexity index is 458. The Morgan fingerprint density at radius 2 is 1.82 bits per heavy atom. The van der Waals surface area contributed by atoms with Gasteiger partial charge in [0, 0.05) is 18.9 Å². The summed E-state index contributed by atoms with van der Waals surface area (Å²) in [4.78, 5) is 0. The monoisotopic (exact) mass is 305 g/mol. The third kappa shape index (κ3) is 3.51. The highest BCUT2D eigenvalue weighted by molar-refractivity contribution is 5.25. The van der Waals surface area contributed by atoms with Crippen molar-refractivity contribution >= 4 is 0 Å². The molecule has 2 aliphatic rings. The smallest absolute Gasteiger partial charge is 0.168 e. The number of rotatable bonds is 5. The van der Waals surface area contributed by atoms with E-state index >= 15 is 0 Å². The summed E-state index contributed by atoms with van der Waals surface area (Å²) in [5, 5.41) is 13.3. The Balaban J connectivity index is 1.56. The van der Waals surface area contributed by atoms with E-state index in [1.807, 2.05) is 0 Å². The number of aliphatic hydroxyl groups excluding tert-OH is 1. The zero-order valence-corrected chi connectivity index (χ0v) is 13.4. The number of hydrogen-bond donors (Lipinski definition) is 2. The lowest BCUT2D eigenvalue weighted by atomic mass is 9.89. The molecule has 1 aliphatic carbocycles. The third-order valence-electron chi connectivity index (χ3n) is 4.97. The van der Waals surface area contributed by atoms with E-state index in [9.17, 15) is 5.11 Å². The first kappa shape index (κ1) is 15.9. The normalized spacial score (nSPS) is 23.0. The SMILES string of the molecule is CCc1ccc([C@@H](CO)NC2CCC3(CC2)OCCO3)cc1. The predicted octanol–water partition coefficient (Wildman–Crippen LogP) is 2.56. The van der Waals surface area contributed by atoms with Crippen LogP contribution >= 0.6 is 0 Å². The van der Waals surface area contributed by atoms with Gasteiger partial charge in [0.2, 0.25) is 0 Å². The molecular formula is C18H27NO3. The highest BCUT2D eigenvalue weighted by Gasteiger charge is 2.40. The molecule has 1 saturated carbocycles. The van der Waals surface area contributed by atoms with Crippen molar-refractivity contribution in [2.75, 3.05) is 19.8 Å². The van der Waals surface area contributed by atoms with Gasteiger partial charge in [0.1, 0.15) is 0 Å². The van der Waals surface area contributed by atoms with Crippen LogP contribution in [0.2, 0.25) is 0 Å². The second-order valence-corrected chi connectivity index (χ2v) is 6.38. The third-order valence-corrected chi connectivity index (χ3v) is 4.97. The van der Waals surface area contributed by atoms with Crippen molar-refractivity contribution in [3.8, 4) is 0 Å². The summed E-state index contributed by atoms with van der Waals surface area (Å²) in [7, 11) is 0. The summed E-state index contributed by atoms with van der Waals surface area (Å²) >= 11 is 0. The number of benzene rings is 1. The Morgan fingerprint density at radius 1 is 1.18 bits per heavy atom. The van der Waals surface area contributed by atoms with Gasteiger partial charge in [-0.2, -0.15) is 0 Å². The molecular weight excluding hydrogens is 278 g/mol. The zero-order chi connectivity index (χ0) is 15.4. The molecule has 2 fully saturated rings. The fraction of sp³-hybridized carbons (Fsp3) is 0.667. The van der Waals surface area contributed by atoms with Crippen molar-refractivity contribution in [3.05, 3.63) is 35.4 Å². The molecule has 1 atom stereocenters. The molecule has 1 aromatic rings. The van der Waals surface area contributed by atoms with Crippen LogP contribution in [0.4, 0.5) is 0 Å². The highest BCUT2D eigenvalue weighted by atomic mass is 16.7. The molecule has 1 aliphatic heterocycles. The molecule has 1 saturated heterocycles. The Labute approximate surface area is 132 Å². The van der Waals surface area contributed by atoms with E-state index in [1.165, 1.54) is 5.56 Å². The van der Waals surface area contributed by atoms with Crippen LogP contribution in [0.15, 0.2) is 24.3 Å². The molecule has 0 radical (unpaired) electrons. The van der Waals surface area contributed by atoms with Crippen LogP contribution in [0.1, 0.15) is 49.8 Å². The van der Waals surface area contributed by atoms with Gasteiger partial charge in [-0.1, -0.05) is 31.2 Å². The topological polar surface area (TPSA) is 50.7 Å². The molecule has 0 amide bonds.